The van der Waals surface area contributed by atoms with Gasteiger partial charge in [-0.25, -0.2) is 4.98 Å². The van der Waals surface area contributed by atoms with Crippen LogP contribution in [0.3, 0.4) is 0 Å². The van der Waals surface area contributed by atoms with Crippen molar-refractivity contribution in [1.82, 2.24) is 14.4 Å². The third-order valence-electron chi connectivity index (χ3n) is 10.8. The van der Waals surface area contributed by atoms with E-state index in [0.717, 1.165) is 50.0 Å². The maximum absolute atomic E-state index is 5.81. The molecule has 0 bridgehead atoms. The maximum atomic E-state index is 5.81. The van der Waals surface area contributed by atoms with Gasteiger partial charge in [-0.15, -0.1) is 0 Å². The van der Waals surface area contributed by atoms with E-state index in [2.05, 4.69) is 167 Å². The van der Waals surface area contributed by atoms with Gasteiger partial charge in [0.2, 0.25) is 0 Å². The predicted molar refractivity (Wildman–Crippen MR) is 229 cm³/mol. The van der Waals surface area contributed by atoms with Gasteiger partial charge in [0.05, 0.1) is 16.6 Å². The van der Waals surface area contributed by atoms with E-state index in [-0.39, 0.29) is 0 Å². The Labute approximate surface area is 318 Å². The van der Waals surface area contributed by atoms with Crippen LogP contribution in [0, 0.1) is 0 Å². The van der Waals surface area contributed by atoms with Gasteiger partial charge in [-0.05, 0) is 97.2 Å². The minimum Gasteiger partial charge on any atom is -0.425 e. The van der Waals surface area contributed by atoms with Crippen molar-refractivity contribution in [2.24, 2.45) is 0 Å². The molecule has 3 heterocycles. The Morgan fingerprint density at radius 3 is 1.96 bits per heavy atom. The molecule has 11 rings (SSSR count). The summed E-state index contributed by atoms with van der Waals surface area (Å²) in [6.45, 7) is 0. The minimum atomic E-state index is 0.786. The summed E-state index contributed by atoms with van der Waals surface area (Å²) in [5.74, 6) is 0.786. The number of halogens is 1. The summed E-state index contributed by atoms with van der Waals surface area (Å²) in [6, 6.07) is 58.9. The first kappa shape index (κ1) is 30.3. The number of benzene rings is 8. The monoisotopic (exact) mass is 789 g/mol. The Balaban J connectivity index is 0.993. The second-order valence-corrected chi connectivity index (χ2v) is 14.1. The van der Waals surface area contributed by atoms with E-state index in [1.54, 1.807) is 0 Å². The van der Waals surface area contributed by atoms with E-state index in [0.29, 0.717) is 0 Å². The number of hydrogen-bond donors (Lipinski definition) is 0. The van der Waals surface area contributed by atoms with E-state index in [4.69, 9.17) is 8.05 Å². The van der Waals surface area contributed by atoms with Crippen LogP contribution in [-0.2, 0) is 0 Å². The van der Waals surface area contributed by atoms with Gasteiger partial charge in [0.25, 0.3) is 0 Å². The fraction of sp³-hybridized carbons (Fsp3) is 0. The molecule has 5 heteroatoms. The van der Waals surface area contributed by atoms with Crippen molar-refractivity contribution < 1.29 is 3.07 Å². The quantitative estimate of drug-likeness (QED) is 0.132. The molecule has 8 aromatic carbocycles. The van der Waals surface area contributed by atoms with E-state index in [9.17, 15) is 0 Å². The number of nitrogens with zero attached hydrogens (tertiary/aromatic N) is 3. The van der Waals surface area contributed by atoms with Crippen molar-refractivity contribution in [3.63, 3.8) is 0 Å². The molecule has 0 amide bonds. The topological polar surface area (TPSA) is 39.4 Å². The van der Waals surface area contributed by atoms with Crippen LogP contribution < -0.4 is 3.07 Å². The number of fused-ring (bicyclic) bond motifs is 12. The van der Waals surface area contributed by atoms with Gasteiger partial charge < -0.3 is 3.07 Å². The number of rotatable bonds is 4. The van der Waals surface area contributed by atoms with Crippen molar-refractivity contribution in [2.75, 3.05) is 0 Å². The molecule has 0 spiro atoms. The molecule has 11 aromatic rings. The van der Waals surface area contributed by atoms with E-state index >= 15 is 0 Å². The Kier molecular flexibility index (Phi) is 6.79. The zero-order chi connectivity index (χ0) is 35.0. The fourth-order valence-corrected chi connectivity index (χ4v) is 8.62. The third kappa shape index (κ3) is 4.74. The van der Waals surface area contributed by atoms with Gasteiger partial charge in [-0.2, -0.15) is 0 Å². The van der Waals surface area contributed by atoms with Crippen LogP contribution in [0.15, 0.2) is 170 Å². The molecule has 0 unspecified atom stereocenters. The van der Waals surface area contributed by atoms with Crippen molar-refractivity contribution >= 4 is 93.8 Å². The highest BCUT2D eigenvalue weighted by Crippen LogP contribution is 2.40. The standard InChI is InChI=1S/C48H28IN3O/c49-53-47-39(22-20-32-7-5-25-50-46(32)47)31-13-11-29(12-14-31)33-15-16-35-27-36(18-17-34(35)26-33)37-21-23-40-41-24-19-30-6-1-2-8-38(30)45(41)48-51-42-9-3-4-10-43(42)52(48)44(40)28-37/h1-28H. The SMILES string of the molecule is IOc1c(-c2ccc(-c3ccc4cc(-c5ccc6c7ccc8ccccc8c7c7nc8ccccc8n7c6c5)ccc4c3)cc2)ccc2cccnc12. The molecule has 0 N–H and O–H groups in total. The van der Waals surface area contributed by atoms with Gasteiger partial charge in [0.15, 0.2) is 28.8 Å². The molecule has 4 nitrogen and oxygen atoms in total. The summed E-state index contributed by atoms with van der Waals surface area (Å²) < 4.78 is 8.16. The Morgan fingerprint density at radius 1 is 0.472 bits per heavy atom. The minimum absolute atomic E-state index is 0.786. The van der Waals surface area contributed by atoms with Crippen LogP contribution in [-0.4, -0.2) is 14.4 Å². The van der Waals surface area contributed by atoms with Crippen LogP contribution in [0.5, 0.6) is 5.75 Å². The number of hydrogen-bond acceptors (Lipinski definition) is 3. The molecule has 0 aliphatic rings. The Hall–Kier alpha value is -6.31. The molecule has 53 heavy (non-hydrogen) atoms. The lowest BCUT2D eigenvalue weighted by molar-refractivity contribution is 0.726. The van der Waals surface area contributed by atoms with Crippen LogP contribution in [0.4, 0.5) is 0 Å². The average molecular weight is 790 g/mol. The van der Waals surface area contributed by atoms with Crippen LogP contribution >= 0.6 is 23.0 Å². The largest absolute Gasteiger partial charge is 0.425 e. The summed E-state index contributed by atoms with van der Waals surface area (Å²) in [5, 5.41) is 9.56. The van der Waals surface area contributed by atoms with Crippen molar-refractivity contribution in [1.29, 1.82) is 0 Å². The molecule has 0 saturated carbocycles. The normalized spacial score (nSPS) is 11.9. The lowest BCUT2D eigenvalue weighted by atomic mass is 9.95. The number of aromatic nitrogens is 3. The third-order valence-corrected chi connectivity index (χ3v) is 11.2. The van der Waals surface area contributed by atoms with Crippen LogP contribution in [0.25, 0.3) is 104 Å². The summed E-state index contributed by atoms with van der Waals surface area (Å²) in [5.41, 5.74) is 12.0. The molecule has 0 fully saturated rings. The number of para-hydroxylation sites is 2. The molecule has 0 atom stereocenters. The molecular formula is C48H28IN3O. The molecule has 0 aliphatic heterocycles. The lowest BCUT2D eigenvalue weighted by Crippen LogP contribution is -1.93. The highest BCUT2D eigenvalue weighted by atomic mass is 127. The first-order valence-corrected chi connectivity index (χ1v) is 18.6. The average Bonchev–Trinajstić information content (AvgIpc) is 3.62. The first-order chi connectivity index (χ1) is 26.2. The second kappa shape index (κ2) is 11.9. The molecule has 248 valence electrons. The van der Waals surface area contributed by atoms with Gasteiger partial charge in [-0.1, -0.05) is 121 Å². The first-order valence-electron chi connectivity index (χ1n) is 17.7. The van der Waals surface area contributed by atoms with Gasteiger partial charge >= 0.3 is 0 Å². The smallest absolute Gasteiger partial charge is 0.192 e. The summed E-state index contributed by atoms with van der Waals surface area (Å²) in [7, 11) is 0. The van der Waals surface area contributed by atoms with Crippen molar-refractivity contribution in [3.05, 3.63) is 170 Å². The molecule has 0 radical (unpaired) electrons. The number of imidazole rings is 1. The molecular weight excluding hydrogens is 761 g/mol. The van der Waals surface area contributed by atoms with Gasteiger partial charge in [0, 0.05) is 27.9 Å². The lowest BCUT2D eigenvalue weighted by Gasteiger charge is -2.13. The van der Waals surface area contributed by atoms with Gasteiger partial charge in [0.1, 0.15) is 11.2 Å². The Bertz CT molecular complexity index is 3280. The highest BCUT2D eigenvalue weighted by molar-refractivity contribution is 14.1. The molecule has 0 saturated heterocycles. The zero-order valence-corrected chi connectivity index (χ0v) is 30.5. The number of pyridine rings is 2. The summed E-state index contributed by atoms with van der Waals surface area (Å²) in [4.78, 5) is 9.79. The summed E-state index contributed by atoms with van der Waals surface area (Å²) in [6.07, 6.45) is 1.81. The van der Waals surface area contributed by atoms with Crippen molar-refractivity contribution in [3.8, 4) is 39.1 Å². The zero-order valence-electron chi connectivity index (χ0n) is 28.3. The highest BCUT2D eigenvalue weighted by Gasteiger charge is 2.17. The van der Waals surface area contributed by atoms with Crippen LogP contribution in [0.2, 0.25) is 0 Å². The Morgan fingerprint density at radius 2 is 1.11 bits per heavy atom. The van der Waals surface area contributed by atoms with Crippen molar-refractivity contribution in [2.45, 2.75) is 0 Å². The fourth-order valence-electron chi connectivity index (χ4n) is 8.17. The molecule has 0 aliphatic carbocycles. The van der Waals surface area contributed by atoms with Crippen LogP contribution in [0.1, 0.15) is 0 Å². The second-order valence-electron chi connectivity index (χ2n) is 13.6. The predicted octanol–water partition coefficient (Wildman–Crippen LogP) is 13.4. The van der Waals surface area contributed by atoms with E-state index < -0.39 is 0 Å². The van der Waals surface area contributed by atoms with E-state index in [1.807, 2.05) is 35.3 Å². The maximum Gasteiger partial charge on any atom is 0.192 e. The molecule has 3 aromatic heterocycles. The van der Waals surface area contributed by atoms with Gasteiger partial charge in [-0.3, -0.25) is 9.38 Å². The van der Waals surface area contributed by atoms with E-state index in [1.165, 1.54) is 60.0 Å². The summed E-state index contributed by atoms with van der Waals surface area (Å²) >= 11 is 1.95.